The Hall–Kier alpha value is -2.17. The SMILES string of the molecule is COC(COc1ccc(/C=C/c2cc[n+](C)cc2)cc1)OC. The minimum atomic E-state index is -0.348. The van der Waals surface area contributed by atoms with Crippen LogP contribution >= 0.6 is 0 Å². The third kappa shape index (κ3) is 4.98. The Morgan fingerprint density at radius 2 is 1.45 bits per heavy atom. The van der Waals surface area contributed by atoms with Crippen LogP contribution in [0.25, 0.3) is 12.2 Å². The van der Waals surface area contributed by atoms with Crippen molar-refractivity contribution in [3.63, 3.8) is 0 Å². The van der Waals surface area contributed by atoms with Crippen LogP contribution in [0.4, 0.5) is 0 Å². The van der Waals surface area contributed by atoms with Crippen molar-refractivity contribution in [1.82, 2.24) is 0 Å². The number of aromatic nitrogens is 1. The van der Waals surface area contributed by atoms with Crippen molar-refractivity contribution >= 4 is 12.2 Å². The van der Waals surface area contributed by atoms with Crippen molar-refractivity contribution in [3.05, 3.63) is 59.9 Å². The zero-order valence-electron chi connectivity index (χ0n) is 13.2. The molecule has 0 unspecified atom stereocenters. The number of nitrogens with zero attached hydrogens (tertiary/aromatic N) is 1. The lowest BCUT2D eigenvalue weighted by Gasteiger charge is -2.14. The van der Waals surface area contributed by atoms with E-state index in [1.807, 2.05) is 48.3 Å². The smallest absolute Gasteiger partial charge is 0.191 e. The average Bonchev–Trinajstić information content (AvgIpc) is 2.56. The highest BCUT2D eigenvalue weighted by molar-refractivity contribution is 5.69. The molecule has 4 nitrogen and oxygen atoms in total. The Bertz CT molecular complexity index is 587. The van der Waals surface area contributed by atoms with Gasteiger partial charge in [0.2, 0.25) is 0 Å². The zero-order chi connectivity index (χ0) is 15.8. The van der Waals surface area contributed by atoms with Gasteiger partial charge in [-0.05, 0) is 23.3 Å². The minimum Gasteiger partial charge on any atom is -0.488 e. The molecule has 0 amide bonds. The number of ether oxygens (including phenoxy) is 3. The van der Waals surface area contributed by atoms with E-state index in [1.54, 1.807) is 14.2 Å². The number of aryl methyl sites for hydroxylation is 1. The first-order valence-electron chi connectivity index (χ1n) is 7.13. The molecule has 116 valence electrons. The Balaban J connectivity index is 1.92. The number of rotatable bonds is 7. The summed E-state index contributed by atoms with van der Waals surface area (Å²) in [5, 5.41) is 0. The third-order valence-electron chi connectivity index (χ3n) is 3.26. The Kier molecular flexibility index (Phi) is 6.13. The van der Waals surface area contributed by atoms with Crippen LogP contribution in [-0.4, -0.2) is 27.1 Å². The second-order valence-corrected chi connectivity index (χ2v) is 4.91. The van der Waals surface area contributed by atoms with E-state index in [4.69, 9.17) is 14.2 Å². The van der Waals surface area contributed by atoms with Gasteiger partial charge in [0.1, 0.15) is 19.4 Å². The summed E-state index contributed by atoms with van der Waals surface area (Å²) < 4.78 is 17.8. The van der Waals surface area contributed by atoms with E-state index in [0.717, 1.165) is 11.3 Å². The van der Waals surface area contributed by atoms with Gasteiger partial charge in [-0.2, -0.15) is 0 Å². The standard InChI is InChI=1S/C18H22NO3/c1-19-12-10-16(11-13-19)5-4-15-6-8-17(9-7-15)22-14-18(20-2)21-3/h4-13,18H,14H2,1-3H3/q+1/b5-4+. The minimum absolute atomic E-state index is 0.348. The van der Waals surface area contributed by atoms with Gasteiger partial charge in [0.15, 0.2) is 18.7 Å². The van der Waals surface area contributed by atoms with Crippen molar-refractivity contribution < 1.29 is 18.8 Å². The summed E-state index contributed by atoms with van der Waals surface area (Å²) in [6, 6.07) is 12.1. The molecule has 0 aliphatic heterocycles. The topological polar surface area (TPSA) is 31.6 Å². The normalized spacial score (nSPS) is 11.3. The van der Waals surface area contributed by atoms with Crippen LogP contribution in [0.15, 0.2) is 48.8 Å². The highest BCUT2D eigenvalue weighted by Gasteiger charge is 2.05. The second-order valence-electron chi connectivity index (χ2n) is 4.91. The molecule has 0 radical (unpaired) electrons. The van der Waals surface area contributed by atoms with Gasteiger partial charge in [0.25, 0.3) is 0 Å². The lowest BCUT2D eigenvalue weighted by Crippen LogP contribution is -2.25. The lowest BCUT2D eigenvalue weighted by molar-refractivity contribution is -0.671. The quantitative estimate of drug-likeness (QED) is 0.582. The maximum atomic E-state index is 5.60. The van der Waals surface area contributed by atoms with E-state index in [1.165, 1.54) is 5.56 Å². The van der Waals surface area contributed by atoms with Crippen LogP contribution in [0.1, 0.15) is 11.1 Å². The molecule has 4 heteroatoms. The fourth-order valence-corrected chi connectivity index (χ4v) is 1.89. The van der Waals surface area contributed by atoms with Crippen LogP contribution in [0, 0.1) is 0 Å². The summed E-state index contributed by atoms with van der Waals surface area (Å²) >= 11 is 0. The van der Waals surface area contributed by atoms with E-state index in [2.05, 4.69) is 24.3 Å². The van der Waals surface area contributed by atoms with Gasteiger partial charge in [0, 0.05) is 26.4 Å². The van der Waals surface area contributed by atoms with Gasteiger partial charge in [-0.15, -0.1) is 0 Å². The van der Waals surface area contributed by atoms with Crippen LogP contribution in [0.5, 0.6) is 5.75 Å². The van der Waals surface area contributed by atoms with Gasteiger partial charge in [-0.3, -0.25) is 0 Å². The van der Waals surface area contributed by atoms with Gasteiger partial charge in [-0.25, -0.2) is 4.57 Å². The van der Waals surface area contributed by atoms with Crippen LogP contribution in [-0.2, 0) is 16.5 Å². The van der Waals surface area contributed by atoms with Gasteiger partial charge in [-0.1, -0.05) is 24.3 Å². The largest absolute Gasteiger partial charge is 0.488 e. The first-order valence-corrected chi connectivity index (χ1v) is 7.13. The molecule has 0 fully saturated rings. The third-order valence-corrected chi connectivity index (χ3v) is 3.26. The number of hydrogen-bond acceptors (Lipinski definition) is 3. The average molecular weight is 300 g/mol. The molecule has 0 saturated carbocycles. The Morgan fingerprint density at radius 3 is 2.00 bits per heavy atom. The van der Waals surface area contributed by atoms with E-state index < -0.39 is 0 Å². The molecule has 2 aromatic rings. The fraction of sp³-hybridized carbons (Fsp3) is 0.278. The maximum absolute atomic E-state index is 5.60. The molecule has 22 heavy (non-hydrogen) atoms. The molecular formula is C18H22NO3+. The van der Waals surface area contributed by atoms with E-state index in [0.29, 0.717) is 6.61 Å². The highest BCUT2D eigenvalue weighted by atomic mass is 16.7. The summed E-state index contributed by atoms with van der Waals surface area (Å²) in [4.78, 5) is 0. The van der Waals surface area contributed by atoms with Crippen molar-refractivity contribution in [1.29, 1.82) is 0 Å². The number of pyridine rings is 1. The first-order chi connectivity index (χ1) is 10.7. The van der Waals surface area contributed by atoms with E-state index >= 15 is 0 Å². The molecule has 0 N–H and O–H groups in total. The van der Waals surface area contributed by atoms with Gasteiger partial charge < -0.3 is 14.2 Å². The van der Waals surface area contributed by atoms with E-state index in [-0.39, 0.29) is 6.29 Å². The Morgan fingerprint density at radius 1 is 0.909 bits per heavy atom. The van der Waals surface area contributed by atoms with Crippen LogP contribution in [0.3, 0.4) is 0 Å². The summed E-state index contributed by atoms with van der Waals surface area (Å²) in [7, 11) is 5.19. The highest BCUT2D eigenvalue weighted by Crippen LogP contribution is 2.15. The predicted molar refractivity (Wildman–Crippen MR) is 86.3 cm³/mol. The van der Waals surface area contributed by atoms with Crippen molar-refractivity contribution in [2.75, 3.05) is 20.8 Å². The summed E-state index contributed by atoms with van der Waals surface area (Å²) in [6.07, 6.45) is 7.87. The number of hydrogen-bond donors (Lipinski definition) is 0. The monoisotopic (exact) mass is 300 g/mol. The summed E-state index contributed by atoms with van der Waals surface area (Å²) in [5.74, 6) is 0.794. The molecule has 0 bridgehead atoms. The fourth-order valence-electron chi connectivity index (χ4n) is 1.89. The maximum Gasteiger partial charge on any atom is 0.191 e. The molecule has 0 aliphatic carbocycles. The second kappa shape index (κ2) is 8.32. The molecule has 0 aliphatic rings. The van der Waals surface area contributed by atoms with Crippen molar-refractivity contribution in [2.45, 2.75) is 6.29 Å². The zero-order valence-corrected chi connectivity index (χ0v) is 13.2. The lowest BCUT2D eigenvalue weighted by atomic mass is 10.1. The van der Waals surface area contributed by atoms with Crippen LogP contribution < -0.4 is 9.30 Å². The molecule has 1 aromatic heterocycles. The summed E-state index contributed by atoms with van der Waals surface area (Å²) in [5.41, 5.74) is 2.29. The molecule has 0 atom stereocenters. The van der Waals surface area contributed by atoms with E-state index in [9.17, 15) is 0 Å². The van der Waals surface area contributed by atoms with Crippen molar-refractivity contribution in [3.8, 4) is 5.75 Å². The number of benzene rings is 1. The molecular weight excluding hydrogens is 278 g/mol. The summed E-state index contributed by atoms with van der Waals surface area (Å²) in [6.45, 7) is 0.364. The molecule has 1 heterocycles. The van der Waals surface area contributed by atoms with Gasteiger partial charge in [0.05, 0.1) is 0 Å². The molecule has 0 spiro atoms. The van der Waals surface area contributed by atoms with Gasteiger partial charge >= 0.3 is 0 Å². The predicted octanol–water partition coefficient (Wildman–Crippen LogP) is 2.68. The molecule has 0 saturated heterocycles. The number of methoxy groups -OCH3 is 2. The Labute approximate surface area is 131 Å². The molecule has 2 rings (SSSR count). The van der Waals surface area contributed by atoms with Crippen LogP contribution in [0.2, 0.25) is 0 Å². The first kappa shape index (κ1) is 16.2. The van der Waals surface area contributed by atoms with Crippen molar-refractivity contribution in [2.24, 2.45) is 7.05 Å². The molecule has 1 aromatic carbocycles.